The second-order valence-electron chi connectivity index (χ2n) is 3.54. The average molecular weight is 261 g/mol. The molecule has 0 saturated heterocycles. The molecule has 4 nitrogen and oxygen atoms in total. The summed E-state index contributed by atoms with van der Waals surface area (Å²) in [7, 11) is 0. The van der Waals surface area contributed by atoms with Crippen LogP contribution in [0, 0.1) is 0 Å². The molecular weight excluding hydrogens is 244 g/mol. The number of hydrogen-bond acceptors (Lipinski definition) is 4. The number of benzene rings is 1. The van der Waals surface area contributed by atoms with E-state index < -0.39 is 6.10 Å². The molecule has 1 atom stereocenters. The van der Waals surface area contributed by atoms with Crippen molar-refractivity contribution in [2.75, 3.05) is 26.4 Å². The third-order valence-corrected chi connectivity index (χ3v) is 2.38. The Morgan fingerprint density at radius 3 is 2.71 bits per heavy atom. The fourth-order valence-electron chi connectivity index (χ4n) is 1.35. The Hall–Kier alpha value is -0.810. The minimum atomic E-state index is -0.637. The molecule has 0 aliphatic heterocycles. The van der Waals surface area contributed by atoms with Crippen LogP contribution in [0.1, 0.15) is 18.6 Å². The first-order chi connectivity index (χ1) is 8.15. The average Bonchev–Trinajstić information content (AvgIpc) is 2.30. The molecule has 0 aromatic heterocycles. The zero-order chi connectivity index (χ0) is 12.7. The molecule has 17 heavy (non-hydrogen) atoms. The Balaban J connectivity index is 2.52. The zero-order valence-corrected chi connectivity index (χ0v) is 10.5. The van der Waals surface area contributed by atoms with E-state index in [-0.39, 0.29) is 6.61 Å². The molecule has 96 valence electrons. The SMILES string of the molecule is C[C@H](O)c1cc(Cl)ccc1OCCOCCO. The molecule has 0 saturated carbocycles. The lowest BCUT2D eigenvalue weighted by Gasteiger charge is -2.13. The predicted octanol–water partition coefficient (Wildman–Crippen LogP) is 1.78. The van der Waals surface area contributed by atoms with Gasteiger partial charge >= 0.3 is 0 Å². The highest BCUT2D eigenvalue weighted by atomic mass is 35.5. The van der Waals surface area contributed by atoms with Crippen LogP contribution in [0.2, 0.25) is 5.02 Å². The Morgan fingerprint density at radius 1 is 1.29 bits per heavy atom. The highest BCUT2D eigenvalue weighted by Gasteiger charge is 2.09. The number of ether oxygens (including phenoxy) is 2. The van der Waals surface area contributed by atoms with Gasteiger partial charge < -0.3 is 19.7 Å². The van der Waals surface area contributed by atoms with E-state index in [1.165, 1.54) is 0 Å². The maximum absolute atomic E-state index is 9.57. The van der Waals surface area contributed by atoms with Crippen LogP contribution in [0.3, 0.4) is 0 Å². The van der Waals surface area contributed by atoms with Crippen molar-refractivity contribution in [2.45, 2.75) is 13.0 Å². The second-order valence-corrected chi connectivity index (χ2v) is 3.98. The van der Waals surface area contributed by atoms with Gasteiger partial charge in [0.1, 0.15) is 12.4 Å². The monoisotopic (exact) mass is 260 g/mol. The summed E-state index contributed by atoms with van der Waals surface area (Å²) >= 11 is 5.84. The summed E-state index contributed by atoms with van der Waals surface area (Å²) in [5.74, 6) is 0.594. The topological polar surface area (TPSA) is 58.9 Å². The molecule has 0 spiro atoms. The van der Waals surface area contributed by atoms with Crippen LogP contribution in [0.4, 0.5) is 0 Å². The van der Waals surface area contributed by atoms with E-state index in [4.69, 9.17) is 26.2 Å². The van der Waals surface area contributed by atoms with Gasteiger partial charge in [0.15, 0.2) is 0 Å². The minimum Gasteiger partial charge on any atom is -0.491 e. The van der Waals surface area contributed by atoms with Gasteiger partial charge in [-0.3, -0.25) is 0 Å². The van der Waals surface area contributed by atoms with E-state index in [1.54, 1.807) is 25.1 Å². The number of rotatable bonds is 7. The predicted molar refractivity (Wildman–Crippen MR) is 65.5 cm³/mol. The van der Waals surface area contributed by atoms with Crippen molar-refractivity contribution in [1.82, 2.24) is 0 Å². The Kier molecular flexibility index (Phi) is 6.29. The number of aliphatic hydroxyl groups is 2. The van der Waals surface area contributed by atoms with Crippen LogP contribution >= 0.6 is 11.6 Å². The van der Waals surface area contributed by atoms with E-state index in [0.29, 0.717) is 36.2 Å². The first-order valence-electron chi connectivity index (χ1n) is 5.44. The molecule has 0 radical (unpaired) electrons. The number of halogens is 1. The van der Waals surface area contributed by atoms with Crippen LogP contribution in [-0.2, 0) is 4.74 Å². The summed E-state index contributed by atoms with van der Waals surface area (Å²) in [5.41, 5.74) is 0.652. The molecular formula is C12H17ClO4. The number of aliphatic hydroxyl groups excluding tert-OH is 2. The van der Waals surface area contributed by atoms with Crippen LogP contribution < -0.4 is 4.74 Å². The summed E-state index contributed by atoms with van der Waals surface area (Å²) in [6.45, 7) is 2.71. The Morgan fingerprint density at radius 2 is 2.06 bits per heavy atom. The first kappa shape index (κ1) is 14.3. The molecule has 0 fully saturated rings. The molecule has 0 heterocycles. The van der Waals surface area contributed by atoms with Crippen molar-refractivity contribution in [2.24, 2.45) is 0 Å². The van der Waals surface area contributed by atoms with Gasteiger partial charge in [-0.05, 0) is 25.1 Å². The lowest BCUT2D eigenvalue weighted by Crippen LogP contribution is -2.10. The summed E-state index contributed by atoms with van der Waals surface area (Å²) < 4.78 is 10.5. The summed E-state index contributed by atoms with van der Waals surface area (Å²) in [6, 6.07) is 5.10. The zero-order valence-electron chi connectivity index (χ0n) is 9.73. The largest absolute Gasteiger partial charge is 0.491 e. The maximum Gasteiger partial charge on any atom is 0.125 e. The highest BCUT2D eigenvalue weighted by Crippen LogP contribution is 2.28. The van der Waals surface area contributed by atoms with E-state index >= 15 is 0 Å². The van der Waals surface area contributed by atoms with Crippen molar-refractivity contribution in [3.05, 3.63) is 28.8 Å². The van der Waals surface area contributed by atoms with Gasteiger partial charge in [-0.15, -0.1) is 0 Å². The second kappa shape index (κ2) is 7.50. The van der Waals surface area contributed by atoms with E-state index in [2.05, 4.69) is 0 Å². The van der Waals surface area contributed by atoms with Crippen LogP contribution in [0.25, 0.3) is 0 Å². The summed E-state index contributed by atoms with van der Waals surface area (Å²) in [6.07, 6.45) is -0.637. The molecule has 0 aliphatic carbocycles. The molecule has 0 bridgehead atoms. The van der Waals surface area contributed by atoms with Gasteiger partial charge in [-0.1, -0.05) is 11.6 Å². The fourth-order valence-corrected chi connectivity index (χ4v) is 1.53. The van der Waals surface area contributed by atoms with Crippen molar-refractivity contribution in [1.29, 1.82) is 0 Å². The third kappa shape index (κ3) is 4.91. The Bertz CT molecular complexity index is 341. The van der Waals surface area contributed by atoms with Gasteiger partial charge in [-0.25, -0.2) is 0 Å². The van der Waals surface area contributed by atoms with Crippen LogP contribution in [0.15, 0.2) is 18.2 Å². The maximum atomic E-state index is 9.57. The van der Waals surface area contributed by atoms with Gasteiger partial charge in [0.2, 0.25) is 0 Å². The molecule has 0 unspecified atom stereocenters. The summed E-state index contributed by atoms with van der Waals surface area (Å²) in [4.78, 5) is 0. The van der Waals surface area contributed by atoms with Gasteiger partial charge in [0, 0.05) is 10.6 Å². The van der Waals surface area contributed by atoms with E-state index in [0.717, 1.165) is 0 Å². The molecule has 0 amide bonds. The molecule has 5 heteroatoms. The lowest BCUT2D eigenvalue weighted by molar-refractivity contribution is 0.0695. The number of hydrogen-bond donors (Lipinski definition) is 2. The van der Waals surface area contributed by atoms with Crippen molar-refractivity contribution >= 4 is 11.6 Å². The fraction of sp³-hybridized carbons (Fsp3) is 0.500. The van der Waals surface area contributed by atoms with Crippen molar-refractivity contribution in [3.8, 4) is 5.75 Å². The third-order valence-electron chi connectivity index (χ3n) is 2.14. The lowest BCUT2D eigenvalue weighted by atomic mass is 10.1. The van der Waals surface area contributed by atoms with Gasteiger partial charge in [-0.2, -0.15) is 0 Å². The summed E-state index contributed by atoms with van der Waals surface area (Å²) in [5, 5.41) is 18.6. The standard InChI is InChI=1S/C12H17ClO4/c1-9(15)11-8-10(13)2-3-12(11)17-7-6-16-5-4-14/h2-3,8-9,14-15H,4-7H2,1H3/t9-/m0/s1. The molecule has 2 N–H and O–H groups in total. The van der Waals surface area contributed by atoms with Crippen molar-refractivity contribution in [3.63, 3.8) is 0 Å². The normalized spacial score (nSPS) is 12.5. The van der Waals surface area contributed by atoms with Gasteiger partial charge in [0.25, 0.3) is 0 Å². The van der Waals surface area contributed by atoms with Gasteiger partial charge in [0.05, 0.1) is 25.9 Å². The first-order valence-corrected chi connectivity index (χ1v) is 5.82. The van der Waals surface area contributed by atoms with E-state index in [9.17, 15) is 5.11 Å². The smallest absolute Gasteiger partial charge is 0.125 e. The molecule has 1 rings (SSSR count). The molecule has 1 aromatic rings. The van der Waals surface area contributed by atoms with E-state index in [1.807, 2.05) is 0 Å². The van der Waals surface area contributed by atoms with Crippen LogP contribution in [0.5, 0.6) is 5.75 Å². The highest BCUT2D eigenvalue weighted by molar-refractivity contribution is 6.30. The molecule has 1 aromatic carbocycles. The molecule has 0 aliphatic rings. The van der Waals surface area contributed by atoms with Crippen LogP contribution in [-0.4, -0.2) is 36.6 Å². The minimum absolute atomic E-state index is 0.000130. The quantitative estimate of drug-likeness (QED) is 0.734. The van der Waals surface area contributed by atoms with Crippen molar-refractivity contribution < 1.29 is 19.7 Å². The Labute approximate surface area is 106 Å².